The molecular weight excluding hydrogens is 214 g/mol. The third-order valence-electron chi connectivity index (χ3n) is 2.21. The first kappa shape index (κ1) is 14.9. The minimum absolute atomic E-state index is 0.394. The van der Waals surface area contributed by atoms with Crippen LogP contribution in [-0.4, -0.2) is 57.3 Å². The Morgan fingerprint density at radius 3 is 2.53 bits per heavy atom. The zero-order valence-corrected chi connectivity index (χ0v) is 10.7. The fraction of sp³-hybridized carbons (Fsp3) is 0.818. The van der Waals surface area contributed by atoms with Crippen molar-refractivity contribution in [3.63, 3.8) is 0 Å². The second kappa shape index (κ2) is 10.4. The molecule has 0 aliphatic carbocycles. The number of halogens is 1. The third kappa shape index (κ3) is 7.79. The lowest BCUT2D eigenvalue weighted by Crippen LogP contribution is -2.38. The molecule has 1 unspecified atom stereocenters. The van der Waals surface area contributed by atoms with Crippen LogP contribution < -0.4 is 0 Å². The topological polar surface area (TPSA) is 21.7 Å². The first-order chi connectivity index (χ1) is 7.26. The molecule has 1 atom stereocenters. The summed E-state index contributed by atoms with van der Waals surface area (Å²) in [6.07, 6.45) is 4.04. The summed E-state index contributed by atoms with van der Waals surface area (Å²) in [6, 6.07) is 0.394. The van der Waals surface area contributed by atoms with Crippen LogP contribution in [0.3, 0.4) is 0 Å². The first-order valence-corrected chi connectivity index (χ1v) is 5.72. The number of nitrogens with zero attached hydrogens (tertiary/aromatic N) is 1. The molecule has 0 spiro atoms. The molecule has 0 rings (SSSR count). The van der Waals surface area contributed by atoms with Gasteiger partial charge >= 0.3 is 0 Å². The summed E-state index contributed by atoms with van der Waals surface area (Å²) in [6.45, 7) is 5.42. The Morgan fingerprint density at radius 1 is 1.27 bits per heavy atom. The molecule has 0 saturated carbocycles. The van der Waals surface area contributed by atoms with Gasteiger partial charge in [0.15, 0.2) is 0 Å². The van der Waals surface area contributed by atoms with Crippen molar-refractivity contribution in [2.45, 2.75) is 13.0 Å². The van der Waals surface area contributed by atoms with Crippen molar-refractivity contribution in [1.29, 1.82) is 0 Å². The van der Waals surface area contributed by atoms with E-state index in [-0.39, 0.29) is 0 Å². The van der Waals surface area contributed by atoms with E-state index >= 15 is 0 Å². The lowest BCUT2D eigenvalue weighted by atomic mass is 10.3. The fourth-order valence-electron chi connectivity index (χ4n) is 1.32. The molecule has 0 aliphatic rings. The summed E-state index contributed by atoms with van der Waals surface area (Å²) in [4.78, 5) is 2.30. The van der Waals surface area contributed by atoms with Gasteiger partial charge in [-0.25, -0.2) is 0 Å². The number of alkyl halides is 1. The molecule has 0 saturated heterocycles. The van der Waals surface area contributed by atoms with Crippen LogP contribution in [0.15, 0.2) is 12.2 Å². The minimum Gasteiger partial charge on any atom is -0.383 e. The maximum Gasteiger partial charge on any atom is 0.0615 e. The maximum absolute atomic E-state index is 5.58. The van der Waals surface area contributed by atoms with Crippen molar-refractivity contribution in [2.75, 3.05) is 46.4 Å². The normalized spacial score (nSPS) is 13.9. The van der Waals surface area contributed by atoms with Crippen LogP contribution >= 0.6 is 11.6 Å². The van der Waals surface area contributed by atoms with E-state index in [1.54, 1.807) is 14.2 Å². The average Bonchev–Trinajstić information content (AvgIpc) is 2.23. The van der Waals surface area contributed by atoms with Crippen LogP contribution in [0.1, 0.15) is 6.92 Å². The summed E-state index contributed by atoms with van der Waals surface area (Å²) in [5, 5.41) is 0. The Labute approximate surface area is 98.0 Å². The lowest BCUT2D eigenvalue weighted by molar-refractivity contribution is 0.0825. The van der Waals surface area contributed by atoms with Gasteiger partial charge in [-0.1, -0.05) is 12.2 Å². The molecule has 90 valence electrons. The van der Waals surface area contributed by atoms with Crippen molar-refractivity contribution in [3.05, 3.63) is 12.2 Å². The molecule has 0 fully saturated rings. The molecule has 0 radical (unpaired) electrons. The summed E-state index contributed by atoms with van der Waals surface area (Å²) in [5.74, 6) is 0.566. The van der Waals surface area contributed by atoms with Gasteiger partial charge in [0.05, 0.1) is 13.2 Å². The van der Waals surface area contributed by atoms with Gasteiger partial charge < -0.3 is 9.47 Å². The van der Waals surface area contributed by atoms with Crippen LogP contribution in [0.25, 0.3) is 0 Å². The Bertz CT molecular complexity index is 165. The monoisotopic (exact) mass is 235 g/mol. The Hall–Kier alpha value is -0.0900. The van der Waals surface area contributed by atoms with E-state index in [4.69, 9.17) is 21.1 Å². The molecule has 4 heteroatoms. The molecule has 0 N–H and O–H groups in total. The van der Waals surface area contributed by atoms with Crippen molar-refractivity contribution in [2.24, 2.45) is 0 Å². The highest BCUT2D eigenvalue weighted by molar-refractivity contribution is 6.18. The summed E-state index contributed by atoms with van der Waals surface area (Å²) < 4.78 is 10.2. The number of methoxy groups -OCH3 is 2. The van der Waals surface area contributed by atoms with Crippen molar-refractivity contribution >= 4 is 11.6 Å². The Balaban J connectivity index is 3.98. The van der Waals surface area contributed by atoms with E-state index in [1.807, 2.05) is 6.08 Å². The molecule has 0 aromatic carbocycles. The minimum atomic E-state index is 0.394. The van der Waals surface area contributed by atoms with Gasteiger partial charge in [0, 0.05) is 39.2 Å². The van der Waals surface area contributed by atoms with Crippen molar-refractivity contribution in [3.8, 4) is 0 Å². The maximum atomic E-state index is 5.58. The van der Waals surface area contributed by atoms with Crippen LogP contribution in [0.2, 0.25) is 0 Å². The number of allylic oxidation sites excluding steroid dienone is 1. The number of hydrogen-bond donors (Lipinski definition) is 0. The van der Waals surface area contributed by atoms with E-state index in [0.29, 0.717) is 11.9 Å². The van der Waals surface area contributed by atoms with Crippen LogP contribution in [0, 0.1) is 0 Å². The molecule has 0 aliphatic heterocycles. The second-order valence-electron chi connectivity index (χ2n) is 3.42. The van der Waals surface area contributed by atoms with E-state index in [9.17, 15) is 0 Å². The zero-order chi connectivity index (χ0) is 11.5. The van der Waals surface area contributed by atoms with E-state index < -0.39 is 0 Å². The predicted molar refractivity (Wildman–Crippen MR) is 64.6 cm³/mol. The highest BCUT2D eigenvalue weighted by Crippen LogP contribution is 2.00. The molecule has 3 nitrogen and oxygen atoms in total. The molecule has 15 heavy (non-hydrogen) atoms. The van der Waals surface area contributed by atoms with Gasteiger partial charge in [0.2, 0.25) is 0 Å². The molecule has 0 heterocycles. The van der Waals surface area contributed by atoms with E-state index in [1.165, 1.54) is 0 Å². The fourth-order valence-corrected chi connectivity index (χ4v) is 1.45. The molecule has 0 amide bonds. The summed E-state index contributed by atoms with van der Waals surface area (Å²) in [5.41, 5.74) is 0. The quantitative estimate of drug-likeness (QED) is 0.449. The van der Waals surface area contributed by atoms with Crippen LogP contribution in [-0.2, 0) is 9.47 Å². The SMILES string of the molecule is COCCN(CC=CCCl)C(C)COC. The number of hydrogen-bond acceptors (Lipinski definition) is 3. The average molecular weight is 236 g/mol. The highest BCUT2D eigenvalue weighted by Gasteiger charge is 2.11. The van der Waals surface area contributed by atoms with Crippen molar-refractivity contribution in [1.82, 2.24) is 4.90 Å². The summed E-state index contributed by atoms with van der Waals surface area (Å²) in [7, 11) is 3.44. The van der Waals surface area contributed by atoms with Crippen LogP contribution in [0.4, 0.5) is 0 Å². The van der Waals surface area contributed by atoms with Crippen molar-refractivity contribution < 1.29 is 9.47 Å². The largest absolute Gasteiger partial charge is 0.383 e. The van der Waals surface area contributed by atoms with Gasteiger partial charge in [0.25, 0.3) is 0 Å². The summed E-state index contributed by atoms with van der Waals surface area (Å²) >= 11 is 5.58. The van der Waals surface area contributed by atoms with E-state index in [2.05, 4.69) is 17.9 Å². The number of ether oxygens (including phenoxy) is 2. The highest BCUT2D eigenvalue weighted by atomic mass is 35.5. The van der Waals surface area contributed by atoms with Gasteiger partial charge in [-0.2, -0.15) is 0 Å². The third-order valence-corrected chi connectivity index (χ3v) is 2.39. The first-order valence-electron chi connectivity index (χ1n) is 5.19. The van der Waals surface area contributed by atoms with Gasteiger partial charge in [-0.05, 0) is 6.92 Å². The van der Waals surface area contributed by atoms with E-state index in [0.717, 1.165) is 26.3 Å². The number of rotatable bonds is 9. The lowest BCUT2D eigenvalue weighted by Gasteiger charge is -2.27. The van der Waals surface area contributed by atoms with Crippen LogP contribution in [0.5, 0.6) is 0 Å². The molecular formula is C11H22ClNO2. The van der Waals surface area contributed by atoms with Gasteiger partial charge in [-0.15, -0.1) is 11.6 Å². The Morgan fingerprint density at radius 2 is 2.00 bits per heavy atom. The Kier molecular flexibility index (Phi) is 10.4. The molecule has 0 aromatic rings. The standard InChI is InChI=1S/C11H22ClNO2/c1-11(10-15-3)13(8-9-14-2)7-5-4-6-12/h4-5,11H,6-10H2,1-3H3. The van der Waals surface area contributed by atoms with Gasteiger partial charge in [-0.3, -0.25) is 4.90 Å². The zero-order valence-electron chi connectivity index (χ0n) is 9.91. The smallest absolute Gasteiger partial charge is 0.0615 e. The molecule has 0 bridgehead atoms. The second-order valence-corrected chi connectivity index (χ2v) is 3.73. The molecule has 0 aromatic heterocycles. The van der Waals surface area contributed by atoms with Gasteiger partial charge in [0.1, 0.15) is 0 Å². The predicted octanol–water partition coefficient (Wildman–Crippen LogP) is 1.76.